The first-order chi connectivity index (χ1) is 15.2. The van der Waals surface area contributed by atoms with Gasteiger partial charge in [0.15, 0.2) is 0 Å². The molecule has 0 aliphatic heterocycles. The summed E-state index contributed by atoms with van der Waals surface area (Å²) in [5.41, 5.74) is 0.836. The number of methoxy groups -OCH3 is 1. The summed E-state index contributed by atoms with van der Waals surface area (Å²) in [6.07, 6.45) is -4.84. The van der Waals surface area contributed by atoms with Gasteiger partial charge >= 0.3 is 12.3 Å². The zero-order valence-electron chi connectivity index (χ0n) is 18.8. The molecule has 6 nitrogen and oxygen atoms in total. The molecule has 0 fully saturated rings. The second-order valence-corrected chi connectivity index (χ2v) is 8.73. The number of hydrogen-bond donors (Lipinski definition) is 1. The zero-order valence-corrected chi connectivity index (χ0v) is 18.8. The molecule has 3 aromatic rings. The molecule has 176 valence electrons. The van der Waals surface area contributed by atoms with Gasteiger partial charge in [-0.25, -0.2) is 0 Å². The van der Waals surface area contributed by atoms with Crippen molar-refractivity contribution < 1.29 is 37.3 Å². The fraction of sp³-hybridized carbons (Fsp3) is 0.333. The Labute approximate surface area is 188 Å². The number of carbonyl (C=O) groups excluding carboxylic acids is 1. The first-order valence-corrected chi connectivity index (χ1v) is 10.1. The van der Waals surface area contributed by atoms with Gasteiger partial charge in [0, 0.05) is 16.6 Å². The van der Waals surface area contributed by atoms with Gasteiger partial charge in [0.1, 0.15) is 11.5 Å². The highest BCUT2D eigenvalue weighted by molar-refractivity contribution is 6.05. The summed E-state index contributed by atoms with van der Waals surface area (Å²) in [4.78, 5) is 25.7. The van der Waals surface area contributed by atoms with Crippen molar-refractivity contribution in [1.29, 1.82) is 0 Å². The van der Waals surface area contributed by atoms with Crippen LogP contribution in [-0.4, -0.2) is 35.0 Å². The number of fused-ring (bicyclic) bond motifs is 1. The number of rotatable bonds is 5. The van der Waals surface area contributed by atoms with Crippen molar-refractivity contribution >= 4 is 22.8 Å². The predicted octanol–water partition coefficient (Wildman–Crippen LogP) is 5.76. The maximum atomic E-state index is 13.4. The van der Waals surface area contributed by atoms with Gasteiger partial charge in [-0.2, -0.15) is 0 Å². The molecule has 1 aromatic heterocycles. The first kappa shape index (κ1) is 24.2. The normalized spacial score (nSPS) is 13.1. The van der Waals surface area contributed by atoms with E-state index in [0.717, 1.165) is 12.1 Å². The summed E-state index contributed by atoms with van der Waals surface area (Å²) in [7, 11) is 1.48. The summed E-state index contributed by atoms with van der Waals surface area (Å²) in [6.45, 7) is 7.06. The third-order valence-corrected chi connectivity index (χ3v) is 5.40. The second-order valence-electron chi connectivity index (χ2n) is 8.73. The summed E-state index contributed by atoms with van der Waals surface area (Å²) >= 11 is 0. The molecule has 0 aliphatic rings. The third-order valence-electron chi connectivity index (χ3n) is 5.40. The molecule has 0 saturated carbocycles. The van der Waals surface area contributed by atoms with E-state index in [1.54, 1.807) is 45.9 Å². The highest BCUT2D eigenvalue weighted by atomic mass is 19.4. The molecule has 1 N–H and O–H groups in total. The second kappa shape index (κ2) is 8.46. The van der Waals surface area contributed by atoms with Crippen molar-refractivity contribution in [2.45, 2.75) is 40.0 Å². The quantitative estimate of drug-likeness (QED) is 0.521. The molecule has 0 spiro atoms. The lowest BCUT2D eigenvalue weighted by atomic mass is 9.75. The average molecular weight is 463 g/mol. The van der Waals surface area contributed by atoms with Crippen LogP contribution in [0.25, 0.3) is 10.9 Å². The summed E-state index contributed by atoms with van der Waals surface area (Å²) in [5, 5.41) is 10.6. The van der Waals surface area contributed by atoms with E-state index in [9.17, 15) is 27.9 Å². The fourth-order valence-corrected chi connectivity index (χ4v) is 4.03. The number of aliphatic carboxylic acids is 1. The number of alkyl halides is 3. The molecule has 0 aliphatic carbocycles. The highest BCUT2D eigenvalue weighted by Crippen LogP contribution is 2.43. The van der Waals surface area contributed by atoms with E-state index in [2.05, 4.69) is 4.74 Å². The van der Waals surface area contributed by atoms with Crippen molar-refractivity contribution in [3.8, 4) is 11.5 Å². The molecular weight excluding hydrogens is 439 g/mol. The topological polar surface area (TPSA) is 77.8 Å². The molecule has 2 aromatic carbocycles. The zero-order chi connectivity index (χ0) is 24.7. The molecule has 1 heterocycles. The van der Waals surface area contributed by atoms with Crippen molar-refractivity contribution in [2.75, 3.05) is 7.11 Å². The molecule has 0 amide bonds. The number of carbonyl (C=O) groups is 2. The van der Waals surface area contributed by atoms with Crippen LogP contribution in [0.5, 0.6) is 11.5 Å². The number of ether oxygens (including phenoxy) is 2. The van der Waals surface area contributed by atoms with Gasteiger partial charge in [0.05, 0.1) is 18.5 Å². The minimum Gasteiger partial charge on any atom is -0.497 e. The van der Waals surface area contributed by atoms with Gasteiger partial charge in [-0.15, -0.1) is 13.2 Å². The Morgan fingerprint density at radius 3 is 2.06 bits per heavy atom. The van der Waals surface area contributed by atoms with Crippen LogP contribution in [-0.2, 0) is 4.79 Å². The molecule has 3 rings (SSSR count). The van der Waals surface area contributed by atoms with Crippen molar-refractivity contribution in [1.82, 2.24) is 4.57 Å². The standard InChI is InChI=1S/C24H24F3NO5/c1-13-19(20(22(30)31)23(2,3)4)17-12-16(32-5)10-11-18(17)28(13)21(29)14-6-8-15(9-7-14)33-24(25,26)27/h6-12,20H,1-5H3,(H,30,31). The Balaban J connectivity index is 2.20. The number of aromatic nitrogens is 1. The number of hydrogen-bond acceptors (Lipinski definition) is 4. The highest BCUT2D eigenvalue weighted by Gasteiger charge is 2.37. The van der Waals surface area contributed by atoms with Crippen LogP contribution >= 0.6 is 0 Å². The smallest absolute Gasteiger partial charge is 0.497 e. The summed E-state index contributed by atoms with van der Waals surface area (Å²) < 4.78 is 47.9. The molecule has 0 radical (unpaired) electrons. The minimum atomic E-state index is -4.84. The van der Waals surface area contributed by atoms with Gasteiger partial charge < -0.3 is 14.6 Å². The molecule has 1 atom stereocenters. The molecule has 0 saturated heterocycles. The maximum Gasteiger partial charge on any atom is 0.573 e. The van der Waals surface area contributed by atoms with Gasteiger partial charge in [-0.1, -0.05) is 20.8 Å². The maximum absolute atomic E-state index is 13.4. The molecule has 1 unspecified atom stereocenters. The van der Waals surface area contributed by atoms with Crippen LogP contribution in [0.1, 0.15) is 48.3 Å². The van der Waals surface area contributed by atoms with Crippen molar-refractivity contribution in [3.63, 3.8) is 0 Å². The van der Waals surface area contributed by atoms with Crippen LogP contribution in [0.15, 0.2) is 42.5 Å². The van der Waals surface area contributed by atoms with Crippen LogP contribution in [0.2, 0.25) is 0 Å². The number of carboxylic acid groups (broad SMARTS) is 1. The van der Waals surface area contributed by atoms with Gasteiger partial charge in [-0.3, -0.25) is 14.2 Å². The Bertz CT molecular complexity index is 1200. The van der Waals surface area contributed by atoms with E-state index in [1.165, 1.54) is 23.8 Å². The monoisotopic (exact) mass is 463 g/mol. The Kier molecular flexibility index (Phi) is 6.19. The van der Waals surface area contributed by atoms with E-state index in [0.29, 0.717) is 27.9 Å². The van der Waals surface area contributed by atoms with Crippen molar-refractivity contribution in [2.24, 2.45) is 5.41 Å². The number of halogens is 3. The van der Waals surface area contributed by atoms with Gasteiger partial charge in [-0.05, 0) is 60.4 Å². The van der Waals surface area contributed by atoms with Crippen LogP contribution in [0.4, 0.5) is 13.2 Å². The van der Waals surface area contributed by atoms with Crippen molar-refractivity contribution in [3.05, 3.63) is 59.3 Å². The lowest BCUT2D eigenvalue weighted by Crippen LogP contribution is -2.27. The lowest BCUT2D eigenvalue weighted by molar-refractivity contribution is -0.274. The van der Waals surface area contributed by atoms with Gasteiger partial charge in [0.25, 0.3) is 5.91 Å². The predicted molar refractivity (Wildman–Crippen MR) is 116 cm³/mol. The fourth-order valence-electron chi connectivity index (χ4n) is 4.03. The minimum absolute atomic E-state index is 0.120. The molecular formula is C24H24F3NO5. The molecule has 0 bridgehead atoms. The Morgan fingerprint density at radius 2 is 1.58 bits per heavy atom. The lowest BCUT2D eigenvalue weighted by Gasteiger charge is -2.28. The van der Waals surface area contributed by atoms with E-state index >= 15 is 0 Å². The third kappa shape index (κ3) is 4.81. The SMILES string of the molecule is COc1ccc2c(c1)c(C(C(=O)O)C(C)(C)C)c(C)n2C(=O)c1ccc(OC(F)(F)F)cc1. The van der Waals surface area contributed by atoms with Gasteiger partial charge in [0.2, 0.25) is 0 Å². The van der Waals surface area contributed by atoms with E-state index in [1.807, 2.05) is 0 Å². The molecule has 33 heavy (non-hydrogen) atoms. The Morgan fingerprint density at radius 1 is 1.00 bits per heavy atom. The molecule has 9 heteroatoms. The summed E-state index contributed by atoms with van der Waals surface area (Å²) in [5.74, 6) is -2.42. The largest absolute Gasteiger partial charge is 0.573 e. The van der Waals surface area contributed by atoms with Crippen LogP contribution < -0.4 is 9.47 Å². The van der Waals surface area contributed by atoms with E-state index < -0.39 is 35.3 Å². The van der Waals surface area contributed by atoms with E-state index in [4.69, 9.17) is 4.74 Å². The van der Waals surface area contributed by atoms with E-state index in [-0.39, 0.29) is 5.56 Å². The van der Waals surface area contributed by atoms with Crippen LogP contribution in [0.3, 0.4) is 0 Å². The average Bonchev–Trinajstić information content (AvgIpc) is 2.97. The Hall–Kier alpha value is -3.49. The number of benzene rings is 2. The van der Waals surface area contributed by atoms with Crippen LogP contribution in [0, 0.1) is 12.3 Å². The summed E-state index contributed by atoms with van der Waals surface area (Å²) in [6, 6.07) is 9.57. The number of carboxylic acids is 1. The first-order valence-electron chi connectivity index (χ1n) is 10.1. The number of nitrogens with zero attached hydrogens (tertiary/aromatic N) is 1.